The van der Waals surface area contributed by atoms with Gasteiger partial charge in [0.05, 0.1) is 18.5 Å². The lowest BCUT2D eigenvalue weighted by Crippen LogP contribution is -2.48. The van der Waals surface area contributed by atoms with E-state index >= 15 is 0 Å². The molecule has 0 aliphatic heterocycles. The third-order valence-electron chi connectivity index (χ3n) is 4.25. The highest BCUT2D eigenvalue weighted by Crippen LogP contribution is 2.64. The first-order valence-corrected chi connectivity index (χ1v) is 13.1. The lowest BCUT2D eigenvalue weighted by atomic mass is 10.2. The van der Waals surface area contributed by atoms with E-state index in [1.165, 1.54) is 5.19 Å². The van der Waals surface area contributed by atoms with Crippen LogP contribution in [0.4, 0.5) is 0 Å². The molecule has 0 spiro atoms. The van der Waals surface area contributed by atoms with Crippen molar-refractivity contribution in [3.8, 4) is 0 Å². The van der Waals surface area contributed by atoms with Crippen molar-refractivity contribution < 1.29 is 13.6 Å². The van der Waals surface area contributed by atoms with Crippen LogP contribution in [-0.4, -0.2) is 21.3 Å². The minimum absolute atomic E-state index is 0.242. The largest absolute Gasteiger partial charge is 0.335 e. The van der Waals surface area contributed by atoms with Gasteiger partial charge in [-0.1, -0.05) is 78.9 Å². The van der Waals surface area contributed by atoms with Crippen LogP contribution in [0.1, 0.15) is 24.7 Å². The smallest absolute Gasteiger partial charge is 0.309 e. The summed E-state index contributed by atoms with van der Waals surface area (Å²) in [5.41, 5.74) is 1.03. The van der Waals surface area contributed by atoms with E-state index in [9.17, 15) is 4.57 Å². The molecule has 1 atom stereocenters. The first kappa shape index (κ1) is 19.1. The van der Waals surface area contributed by atoms with Crippen molar-refractivity contribution in [3.63, 3.8) is 0 Å². The van der Waals surface area contributed by atoms with Crippen molar-refractivity contribution in [2.24, 2.45) is 0 Å². The third-order valence-corrected chi connectivity index (χ3v) is 12.8. The van der Waals surface area contributed by atoms with Crippen LogP contribution in [0.3, 0.4) is 0 Å². The number of hydrogen-bond donors (Lipinski definition) is 0. The van der Waals surface area contributed by atoms with Gasteiger partial charge in [-0.2, -0.15) is 0 Å². The van der Waals surface area contributed by atoms with Gasteiger partial charge in [0.25, 0.3) is 0 Å². The summed E-state index contributed by atoms with van der Waals surface area (Å²) in [5.74, 6) is 0. The van der Waals surface area contributed by atoms with Crippen LogP contribution in [0.15, 0.2) is 60.7 Å². The highest BCUT2D eigenvalue weighted by Gasteiger charge is 2.48. The van der Waals surface area contributed by atoms with Crippen molar-refractivity contribution in [2.75, 3.05) is 13.2 Å². The molecule has 3 nitrogen and oxygen atoms in total. The second-order valence-electron chi connectivity index (χ2n) is 6.28. The van der Waals surface area contributed by atoms with Gasteiger partial charge in [0, 0.05) is 0 Å². The Balaban J connectivity index is 2.61. The standard InChI is InChI=1S/C19H27O3PSi/c1-5-21-23(20,22-6-2)19(17-13-9-7-10-14-17)24(3,4)18-15-11-8-12-16-18/h7-16,19H,5-6H2,1-4H3/t19-/m1/s1. The molecule has 0 radical (unpaired) electrons. The zero-order valence-electron chi connectivity index (χ0n) is 14.9. The molecule has 0 fully saturated rings. The van der Waals surface area contributed by atoms with Crippen LogP contribution < -0.4 is 5.19 Å². The maximum absolute atomic E-state index is 13.7. The van der Waals surface area contributed by atoms with E-state index in [0.717, 1.165) is 5.56 Å². The Hall–Kier alpha value is -1.19. The molecule has 5 heteroatoms. The van der Waals surface area contributed by atoms with Gasteiger partial charge in [-0.25, -0.2) is 0 Å². The molecule has 0 aliphatic rings. The second-order valence-corrected chi connectivity index (χ2v) is 13.5. The SMILES string of the molecule is CCOP(=O)(OCC)[C@@H](c1ccccc1)[Si](C)(C)c1ccccc1. The second kappa shape index (κ2) is 8.26. The lowest BCUT2D eigenvalue weighted by molar-refractivity contribution is 0.217. The van der Waals surface area contributed by atoms with Gasteiger partial charge in [0.1, 0.15) is 8.07 Å². The quantitative estimate of drug-likeness (QED) is 0.481. The average molecular weight is 362 g/mol. The molecule has 0 N–H and O–H groups in total. The van der Waals surface area contributed by atoms with E-state index in [-0.39, 0.29) is 5.28 Å². The van der Waals surface area contributed by atoms with Crippen molar-refractivity contribution in [2.45, 2.75) is 32.2 Å². The molecule has 2 aromatic rings. The van der Waals surface area contributed by atoms with Crippen molar-refractivity contribution in [1.29, 1.82) is 0 Å². The fourth-order valence-electron chi connectivity index (χ4n) is 3.20. The van der Waals surface area contributed by atoms with Crippen molar-refractivity contribution >= 4 is 20.9 Å². The molecule has 0 saturated heterocycles. The zero-order valence-corrected chi connectivity index (χ0v) is 16.8. The fourth-order valence-corrected chi connectivity index (χ4v) is 11.3. The summed E-state index contributed by atoms with van der Waals surface area (Å²) in [7, 11) is -5.45. The molecular weight excluding hydrogens is 335 g/mol. The predicted molar refractivity (Wildman–Crippen MR) is 104 cm³/mol. The molecule has 24 heavy (non-hydrogen) atoms. The van der Waals surface area contributed by atoms with Crippen molar-refractivity contribution in [1.82, 2.24) is 0 Å². The van der Waals surface area contributed by atoms with Crippen LogP contribution in [0.5, 0.6) is 0 Å². The van der Waals surface area contributed by atoms with E-state index in [0.29, 0.717) is 13.2 Å². The van der Waals surface area contributed by atoms with Crippen LogP contribution in [0, 0.1) is 0 Å². The Morgan fingerprint density at radius 1 is 0.875 bits per heavy atom. The summed E-state index contributed by atoms with van der Waals surface area (Å²) in [6.45, 7) is 8.96. The van der Waals surface area contributed by atoms with Crippen LogP contribution >= 0.6 is 7.60 Å². The first-order valence-electron chi connectivity index (χ1n) is 8.45. The highest BCUT2D eigenvalue weighted by molar-refractivity contribution is 7.58. The number of benzene rings is 2. The molecule has 0 aromatic heterocycles. The summed E-state index contributed by atoms with van der Waals surface area (Å²) in [6, 6.07) is 20.4. The van der Waals surface area contributed by atoms with Gasteiger partial charge in [-0.15, -0.1) is 0 Å². The molecular formula is C19H27O3PSi. The average Bonchev–Trinajstić information content (AvgIpc) is 2.57. The Morgan fingerprint density at radius 2 is 1.33 bits per heavy atom. The molecule has 0 amide bonds. The molecule has 0 aliphatic carbocycles. The Kier molecular flexibility index (Phi) is 6.59. The van der Waals surface area contributed by atoms with Gasteiger partial charge in [0.15, 0.2) is 0 Å². The maximum Gasteiger partial charge on any atom is 0.335 e. The van der Waals surface area contributed by atoms with E-state index in [4.69, 9.17) is 9.05 Å². The van der Waals surface area contributed by atoms with Crippen LogP contribution in [-0.2, 0) is 13.6 Å². The zero-order chi connectivity index (χ0) is 17.6. The first-order chi connectivity index (χ1) is 11.5. The summed E-state index contributed by atoms with van der Waals surface area (Å²) < 4.78 is 25.2. The molecule has 2 rings (SSSR count). The maximum atomic E-state index is 13.7. The minimum atomic E-state index is -3.28. The topological polar surface area (TPSA) is 35.5 Å². The monoisotopic (exact) mass is 362 g/mol. The molecule has 0 unspecified atom stereocenters. The van der Waals surface area contributed by atoms with Crippen molar-refractivity contribution in [3.05, 3.63) is 66.2 Å². The van der Waals surface area contributed by atoms with Crippen LogP contribution in [0.25, 0.3) is 0 Å². The molecule has 2 aromatic carbocycles. The fraction of sp³-hybridized carbons (Fsp3) is 0.368. The molecule has 0 heterocycles. The van der Waals surface area contributed by atoms with Gasteiger partial charge in [-0.3, -0.25) is 4.57 Å². The Labute approximate surface area is 146 Å². The number of rotatable bonds is 8. The third kappa shape index (κ3) is 4.07. The summed E-state index contributed by atoms with van der Waals surface area (Å²) in [4.78, 5) is 0. The predicted octanol–water partition coefficient (Wildman–Crippen LogP) is 5.15. The summed E-state index contributed by atoms with van der Waals surface area (Å²) >= 11 is 0. The normalized spacial score (nSPS) is 13.7. The summed E-state index contributed by atoms with van der Waals surface area (Å²) in [5, 5.41) is 1.01. The van der Waals surface area contributed by atoms with Gasteiger partial charge in [-0.05, 0) is 19.4 Å². The summed E-state index contributed by atoms with van der Waals surface area (Å²) in [6.07, 6.45) is 0. The molecule has 0 saturated carbocycles. The van der Waals surface area contributed by atoms with Gasteiger partial charge in [0.2, 0.25) is 0 Å². The lowest BCUT2D eigenvalue weighted by Gasteiger charge is -2.37. The van der Waals surface area contributed by atoms with E-state index in [1.54, 1.807) is 0 Å². The van der Waals surface area contributed by atoms with E-state index in [2.05, 4.69) is 25.2 Å². The molecule has 130 valence electrons. The Bertz CT molecular complexity index is 664. The van der Waals surface area contributed by atoms with Gasteiger partial charge >= 0.3 is 7.60 Å². The van der Waals surface area contributed by atoms with E-state index < -0.39 is 15.7 Å². The molecule has 0 bridgehead atoms. The van der Waals surface area contributed by atoms with E-state index in [1.807, 2.05) is 62.4 Å². The Morgan fingerprint density at radius 3 is 1.79 bits per heavy atom. The highest BCUT2D eigenvalue weighted by atomic mass is 31.2. The van der Waals surface area contributed by atoms with Gasteiger partial charge < -0.3 is 9.05 Å². The number of hydrogen-bond acceptors (Lipinski definition) is 3. The van der Waals surface area contributed by atoms with Crippen LogP contribution in [0.2, 0.25) is 13.1 Å². The minimum Gasteiger partial charge on any atom is -0.309 e.